The van der Waals surface area contributed by atoms with E-state index in [-0.39, 0.29) is 23.5 Å². The minimum absolute atomic E-state index is 0.0440. The minimum atomic E-state index is -1.03. The van der Waals surface area contributed by atoms with Crippen LogP contribution in [-0.2, 0) is 14.3 Å². The van der Waals surface area contributed by atoms with E-state index < -0.39 is 23.8 Å². The lowest BCUT2D eigenvalue weighted by Gasteiger charge is -2.35. The van der Waals surface area contributed by atoms with Crippen LogP contribution in [0.5, 0.6) is 5.75 Å². The molecule has 0 bridgehead atoms. The summed E-state index contributed by atoms with van der Waals surface area (Å²) >= 11 is 0. The predicted molar refractivity (Wildman–Crippen MR) is 161 cm³/mol. The fourth-order valence-electron chi connectivity index (χ4n) is 4.62. The number of phenolic OH excluding ortho intramolecular Hbond substituents is 1. The van der Waals surface area contributed by atoms with Crippen molar-refractivity contribution in [2.75, 3.05) is 13.1 Å². The molecule has 0 heterocycles. The van der Waals surface area contributed by atoms with E-state index in [2.05, 4.69) is 24.5 Å². The molecular weight excluding hydrogens is 506 g/mol. The number of carbonyl (C=O) groups excluding carboxylic acids is 3. The average Bonchev–Trinajstić information content (AvgIpc) is 2.86. The fourth-order valence-corrected chi connectivity index (χ4v) is 4.62. The normalized spacial score (nSPS) is 13.0. The van der Waals surface area contributed by atoms with Gasteiger partial charge in [0.25, 0.3) is 0 Å². The first kappa shape index (κ1) is 35.3. The van der Waals surface area contributed by atoms with E-state index in [9.17, 15) is 19.5 Å². The molecule has 0 saturated carbocycles. The van der Waals surface area contributed by atoms with Gasteiger partial charge in [-0.1, -0.05) is 90.8 Å². The van der Waals surface area contributed by atoms with E-state index in [0.29, 0.717) is 31.5 Å². The number of benzene rings is 1. The molecule has 0 aliphatic carbocycles. The van der Waals surface area contributed by atoms with Crippen LogP contribution in [-0.4, -0.2) is 52.6 Å². The molecule has 0 spiro atoms. The standard InChI is InChI=1S/C32H55N3O5/c1-8-10-12-13-14-18-22-35(30(38)26(23-24(3)4)34-31(39)40-32(5,6)7)28(25-19-15-16-20-27(25)36)29(37)33-21-17-11-9-2/h15-16,19-20,24,26,28,36H,8-14,17-18,21-23H2,1-7H3,(H,33,37)(H,34,39). The third-order valence-electron chi connectivity index (χ3n) is 6.60. The van der Waals surface area contributed by atoms with Crippen LogP contribution in [0, 0.1) is 5.92 Å². The maximum atomic E-state index is 14.2. The van der Waals surface area contributed by atoms with E-state index in [1.165, 1.54) is 12.5 Å². The zero-order valence-electron chi connectivity index (χ0n) is 26.1. The molecule has 8 nitrogen and oxygen atoms in total. The molecule has 0 saturated heterocycles. The molecule has 2 unspecified atom stereocenters. The number of nitrogens with one attached hydrogen (secondary N) is 2. The first-order valence-electron chi connectivity index (χ1n) is 15.3. The largest absolute Gasteiger partial charge is 0.508 e. The molecule has 0 aliphatic heterocycles. The van der Waals surface area contributed by atoms with Crippen LogP contribution < -0.4 is 10.6 Å². The Balaban J connectivity index is 3.41. The van der Waals surface area contributed by atoms with Crippen molar-refractivity contribution in [1.82, 2.24) is 15.5 Å². The fraction of sp³-hybridized carbons (Fsp3) is 0.719. The smallest absolute Gasteiger partial charge is 0.408 e. The molecular formula is C32H55N3O5. The zero-order valence-corrected chi connectivity index (χ0v) is 26.1. The van der Waals surface area contributed by atoms with E-state index in [1.807, 2.05) is 13.8 Å². The quantitative estimate of drug-likeness (QED) is 0.170. The second-order valence-electron chi connectivity index (χ2n) is 12.1. The van der Waals surface area contributed by atoms with E-state index in [1.54, 1.807) is 43.9 Å². The van der Waals surface area contributed by atoms with Gasteiger partial charge in [0.15, 0.2) is 0 Å². The lowest BCUT2D eigenvalue weighted by Crippen LogP contribution is -2.53. The molecule has 2 atom stereocenters. The molecule has 1 rings (SSSR count). The van der Waals surface area contributed by atoms with Gasteiger partial charge in [-0.05, 0) is 52.0 Å². The highest BCUT2D eigenvalue weighted by atomic mass is 16.6. The zero-order chi connectivity index (χ0) is 30.1. The van der Waals surface area contributed by atoms with Crippen molar-refractivity contribution in [3.63, 3.8) is 0 Å². The summed E-state index contributed by atoms with van der Waals surface area (Å²) in [6.45, 7) is 14.4. The van der Waals surface area contributed by atoms with Crippen LogP contribution in [0.2, 0.25) is 0 Å². The molecule has 1 aromatic rings. The highest BCUT2D eigenvalue weighted by Gasteiger charge is 2.37. The average molecular weight is 562 g/mol. The number of carbonyl (C=O) groups is 3. The van der Waals surface area contributed by atoms with Gasteiger partial charge < -0.3 is 25.4 Å². The van der Waals surface area contributed by atoms with Crippen molar-refractivity contribution < 1.29 is 24.2 Å². The Bertz CT molecular complexity index is 897. The van der Waals surface area contributed by atoms with Crippen molar-refractivity contribution in [3.8, 4) is 5.75 Å². The number of amides is 3. The van der Waals surface area contributed by atoms with Gasteiger partial charge in [0.2, 0.25) is 11.8 Å². The summed E-state index contributed by atoms with van der Waals surface area (Å²) in [5, 5.41) is 16.6. The number of alkyl carbamates (subject to hydrolysis) is 1. The molecule has 228 valence electrons. The molecule has 40 heavy (non-hydrogen) atoms. The molecule has 0 fully saturated rings. The van der Waals surface area contributed by atoms with E-state index in [0.717, 1.165) is 44.9 Å². The summed E-state index contributed by atoms with van der Waals surface area (Å²) in [5.41, 5.74) is -0.347. The van der Waals surface area contributed by atoms with Gasteiger partial charge in [0, 0.05) is 18.7 Å². The number of para-hydroxylation sites is 1. The summed E-state index contributed by atoms with van der Waals surface area (Å²) < 4.78 is 5.46. The van der Waals surface area contributed by atoms with Gasteiger partial charge in [0.05, 0.1) is 0 Å². The molecule has 8 heteroatoms. The van der Waals surface area contributed by atoms with Gasteiger partial charge in [-0.3, -0.25) is 9.59 Å². The summed E-state index contributed by atoms with van der Waals surface area (Å²) in [7, 11) is 0. The number of hydrogen-bond acceptors (Lipinski definition) is 5. The molecule has 3 amide bonds. The van der Waals surface area contributed by atoms with Crippen LogP contribution in [0.1, 0.15) is 124 Å². The van der Waals surface area contributed by atoms with E-state index >= 15 is 0 Å². The van der Waals surface area contributed by atoms with Crippen molar-refractivity contribution in [2.45, 2.75) is 130 Å². The Kier molecular flexibility index (Phi) is 16.4. The summed E-state index contributed by atoms with van der Waals surface area (Å²) in [5.74, 6) is -0.633. The molecule has 0 radical (unpaired) electrons. The highest BCUT2D eigenvalue weighted by molar-refractivity contribution is 5.92. The van der Waals surface area contributed by atoms with Crippen molar-refractivity contribution >= 4 is 17.9 Å². The summed E-state index contributed by atoms with van der Waals surface area (Å²) in [4.78, 5) is 42.2. The molecule has 0 aromatic heterocycles. The second kappa shape index (κ2) is 18.6. The van der Waals surface area contributed by atoms with Gasteiger partial charge in [-0.25, -0.2) is 4.79 Å². The Morgan fingerprint density at radius 2 is 1.52 bits per heavy atom. The number of unbranched alkanes of at least 4 members (excludes halogenated alkanes) is 7. The van der Waals surface area contributed by atoms with Crippen LogP contribution >= 0.6 is 0 Å². The first-order chi connectivity index (χ1) is 18.9. The third kappa shape index (κ3) is 13.5. The molecule has 1 aromatic carbocycles. The maximum absolute atomic E-state index is 14.2. The van der Waals surface area contributed by atoms with Crippen LogP contribution in [0.15, 0.2) is 24.3 Å². The maximum Gasteiger partial charge on any atom is 0.408 e. The van der Waals surface area contributed by atoms with Crippen LogP contribution in [0.25, 0.3) is 0 Å². The van der Waals surface area contributed by atoms with Crippen molar-refractivity contribution in [3.05, 3.63) is 29.8 Å². The Morgan fingerprint density at radius 3 is 2.12 bits per heavy atom. The Labute approximate surface area is 242 Å². The van der Waals surface area contributed by atoms with Crippen LogP contribution in [0.3, 0.4) is 0 Å². The van der Waals surface area contributed by atoms with Crippen molar-refractivity contribution in [2.24, 2.45) is 5.92 Å². The number of hydrogen-bond donors (Lipinski definition) is 3. The lowest BCUT2D eigenvalue weighted by atomic mass is 9.98. The van der Waals surface area contributed by atoms with Crippen molar-refractivity contribution in [1.29, 1.82) is 0 Å². The second-order valence-corrected chi connectivity index (χ2v) is 12.1. The van der Waals surface area contributed by atoms with Crippen LogP contribution in [0.4, 0.5) is 4.79 Å². The van der Waals surface area contributed by atoms with Gasteiger partial charge in [-0.15, -0.1) is 0 Å². The summed E-state index contributed by atoms with van der Waals surface area (Å²) in [6.07, 6.45) is 8.67. The lowest BCUT2D eigenvalue weighted by molar-refractivity contribution is -0.143. The molecule has 3 N–H and O–H groups in total. The number of ether oxygens (including phenoxy) is 1. The monoisotopic (exact) mass is 561 g/mol. The summed E-state index contributed by atoms with van der Waals surface area (Å²) in [6, 6.07) is 4.76. The third-order valence-corrected chi connectivity index (χ3v) is 6.60. The van der Waals surface area contributed by atoms with Gasteiger partial charge in [0.1, 0.15) is 23.4 Å². The number of phenols is 1. The Morgan fingerprint density at radius 1 is 0.925 bits per heavy atom. The predicted octanol–water partition coefficient (Wildman–Crippen LogP) is 6.87. The molecule has 0 aliphatic rings. The van der Waals surface area contributed by atoms with E-state index in [4.69, 9.17) is 4.74 Å². The number of nitrogens with zero attached hydrogens (tertiary/aromatic N) is 1. The number of aromatic hydroxyl groups is 1. The minimum Gasteiger partial charge on any atom is -0.508 e. The van der Waals surface area contributed by atoms with Gasteiger partial charge >= 0.3 is 6.09 Å². The topological polar surface area (TPSA) is 108 Å². The SMILES string of the molecule is CCCCCCCCN(C(=O)C(CC(C)C)NC(=O)OC(C)(C)C)C(C(=O)NCCCCC)c1ccccc1O. The van der Waals surface area contributed by atoms with Gasteiger partial charge in [-0.2, -0.15) is 0 Å². The first-order valence-corrected chi connectivity index (χ1v) is 15.3. The number of rotatable bonds is 18. The Hall–Kier alpha value is -2.77. The highest BCUT2D eigenvalue weighted by Crippen LogP contribution is 2.30.